The summed E-state index contributed by atoms with van der Waals surface area (Å²) in [6, 6.07) is 13.8. The Balaban J connectivity index is 2.14. The van der Waals surface area contributed by atoms with E-state index in [4.69, 9.17) is 4.98 Å². The SMILES string of the molecule is CC(C)c1ccc(C=Nn2c(C(C)(C)C)nc3ccc(Br)cc3c2=O)cc1. The summed E-state index contributed by atoms with van der Waals surface area (Å²) in [7, 11) is 0. The van der Waals surface area contributed by atoms with Crippen molar-refractivity contribution in [3.63, 3.8) is 0 Å². The van der Waals surface area contributed by atoms with Crippen molar-refractivity contribution >= 4 is 33.0 Å². The summed E-state index contributed by atoms with van der Waals surface area (Å²) in [6.45, 7) is 10.4. The first-order valence-electron chi connectivity index (χ1n) is 9.04. The molecule has 0 saturated heterocycles. The van der Waals surface area contributed by atoms with Crippen LogP contribution in [0.5, 0.6) is 0 Å². The maximum atomic E-state index is 13.1. The molecule has 0 radical (unpaired) electrons. The van der Waals surface area contributed by atoms with E-state index in [1.807, 2.05) is 45.0 Å². The fraction of sp³-hybridized carbons (Fsp3) is 0.318. The fourth-order valence-corrected chi connectivity index (χ4v) is 3.19. The molecule has 0 aliphatic heterocycles. The summed E-state index contributed by atoms with van der Waals surface area (Å²) in [5.74, 6) is 1.12. The fourth-order valence-electron chi connectivity index (χ4n) is 2.83. The predicted molar refractivity (Wildman–Crippen MR) is 116 cm³/mol. The van der Waals surface area contributed by atoms with Crippen LogP contribution in [-0.4, -0.2) is 15.9 Å². The van der Waals surface area contributed by atoms with Gasteiger partial charge in [0.1, 0.15) is 5.82 Å². The molecule has 1 heterocycles. The second-order valence-electron chi connectivity index (χ2n) is 8.03. The normalized spacial score (nSPS) is 12.4. The zero-order chi connectivity index (χ0) is 19.8. The van der Waals surface area contributed by atoms with Gasteiger partial charge in [-0.05, 0) is 35.2 Å². The maximum absolute atomic E-state index is 13.1. The van der Waals surface area contributed by atoms with Crippen molar-refractivity contribution in [3.05, 3.63) is 74.2 Å². The van der Waals surface area contributed by atoms with E-state index in [0.717, 1.165) is 10.0 Å². The van der Waals surface area contributed by atoms with Gasteiger partial charge in [-0.2, -0.15) is 9.78 Å². The van der Waals surface area contributed by atoms with Gasteiger partial charge in [0.2, 0.25) is 0 Å². The third kappa shape index (κ3) is 4.19. The Bertz CT molecular complexity index is 1060. The summed E-state index contributed by atoms with van der Waals surface area (Å²) in [5.41, 5.74) is 2.42. The lowest BCUT2D eigenvalue weighted by atomic mass is 9.95. The summed E-state index contributed by atoms with van der Waals surface area (Å²) in [6.07, 6.45) is 1.71. The molecule has 0 amide bonds. The number of rotatable bonds is 3. The van der Waals surface area contributed by atoms with Gasteiger partial charge in [0.05, 0.1) is 17.1 Å². The highest BCUT2D eigenvalue weighted by molar-refractivity contribution is 9.10. The van der Waals surface area contributed by atoms with Crippen LogP contribution >= 0.6 is 15.9 Å². The van der Waals surface area contributed by atoms with Gasteiger partial charge in [-0.15, -0.1) is 0 Å². The number of nitrogens with zero attached hydrogens (tertiary/aromatic N) is 3. The van der Waals surface area contributed by atoms with Crippen LogP contribution < -0.4 is 5.56 Å². The second kappa shape index (κ2) is 7.39. The first-order chi connectivity index (χ1) is 12.7. The highest BCUT2D eigenvalue weighted by Crippen LogP contribution is 2.23. The number of hydrogen-bond acceptors (Lipinski definition) is 3. The number of halogens is 1. The molecule has 140 valence electrons. The largest absolute Gasteiger partial charge is 0.282 e. The van der Waals surface area contributed by atoms with Gasteiger partial charge in [0, 0.05) is 9.89 Å². The molecule has 3 rings (SSSR count). The molecule has 5 heteroatoms. The summed E-state index contributed by atoms with van der Waals surface area (Å²) in [4.78, 5) is 17.8. The Hall–Kier alpha value is -2.27. The molecule has 2 aromatic carbocycles. The monoisotopic (exact) mass is 425 g/mol. The third-order valence-electron chi connectivity index (χ3n) is 4.40. The molecule has 0 bridgehead atoms. The van der Waals surface area contributed by atoms with Gasteiger partial charge < -0.3 is 0 Å². The van der Waals surface area contributed by atoms with Crippen LogP contribution in [0.2, 0.25) is 0 Å². The molecule has 0 unspecified atom stereocenters. The number of hydrogen-bond donors (Lipinski definition) is 0. The van der Waals surface area contributed by atoms with Gasteiger partial charge in [0.15, 0.2) is 0 Å². The Kier molecular flexibility index (Phi) is 5.33. The minimum Gasteiger partial charge on any atom is -0.267 e. The molecule has 1 aromatic heterocycles. The van der Waals surface area contributed by atoms with E-state index < -0.39 is 0 Å². The number of benzene rings is 2. The standard InChI is InChI=1S/C22H24BrN3O/c1-14(2)16-8-6-15(7-9-16)13-24-26-20(27)18-12-17(23)10-11-19(18)25-21(26)22(3,4)5/h6-14H,1-5H3. The van der Waals surface area contributed by atoms with E-state index in [9.17, 15) is 4.79 Å². The highest BCUT2D eigenvalue weighted by Gasteiger charge is 2.22. The number of aromatic nitrogens is 2. The van der Waals surface area contributed by atoms with Crippen molar-refractivity contribution in [1.82, 2.24) is 9.66 Å². The van der Waals surface area contributed by atoms with E-state index >= 15 is 0 Å². The molecule has 0 spiro atoms. The molecule has 4 nitrogen and oxygen atoms in total. The Labute approximate surface area is 168 Å². The summed E-state index contributed by atoms with van der Waals surface area (Å²) in [5, 5.41) is 5.04. The van der Waals surface area contributed by atoms with Gasteiger partial charge in [-0.25, -0.2) is 4.98 Å². The first kappa shape index (κ1) is 19.5. The molecule has 0 aliphatic rings. The Morgan fingerprint density at radius 3 is 2.37 bits per heavy atom. The van der Waals surface area contributed by atoms with Crippen molar-refractivity contribution < 1.29 is 0 Å². The lowest BCUT2D eigenvalue weighted by Gasteiger charge is -2.20. The Morgan fingerprint density at radius 2 is 1.78 bits per heavy atom. The van der Waals surface area contributed by atoms with Gasteiger partial charge in [-0.3, -0.25) is 4.79 Å². The lowest BCUT2D eigenvalue weighted by Crippen LogP contribution is -2.29. The van der Waals surface area contributed by atoms with Crippen LogP contribution in [0, 0.1) is 0 Å². The van der Waals surface area contributed by atoms with Crippen LogP contribution in [-0.2, 0) is 5.41 Å². The predicted octanol–water partition coefficient (Wildman–Crippen LogP) is 5.46. The van der Waals surface area contributed by atoms with Gasteiger partial charge >= 0.3 is 0 Å². The van der Waals surface area contributed by atoms with Crippen molar-refractivity contribution in [1.29, 1.82) is 0 Å². The van der Waals surface area contributed by atoms with Crippen molar-refractivity contribution in [3.8, 4) is 0 Å². The molecule has 0 saturated carbocycles. The minimum absolute atomic E-state index is 0.165. The van der Waals surface area contributed by atoms with E-state index in [2.05, 4.69) is 47.0 Å². The molecule has 0 fully saturated rings. The third-order valence-corrected chi connectivity index (χ3v) is 4.90. The maximum Gasteiger partial charge on any atom is 0.282 e. The minimum atomic E-state index is -0.320. The van der Waals surface area contributed by atoms with Gasteiger partial charge in [0.25, 0.3) is 5.56 Å². The topological polar surface area (TPSA) is 47.2 Å². The molecule has 0 aliphatic carbocycles. The zero-order valence-corrected chi connectivity index (χ0v) is 17.9. The van der Waals surface area contributed by atoms with Gasteiger partial charge in [-0.1, -0.05) is 74.8 Å². The average molecular weight is 426 g/mol. The smallest absolute Gasteiger partial charge is 0.267 e. The van der Waals surface area contributed by atoms with Crippen LogP contribution in [0.25, 0.3) is 10.9 Å². The first-order valence-corrected chi connectivity index (χ1v) is 9.83. The van der Waals surface area contributed by atoms with Crippen molar-refractivity contribution in [2.24, 2.45) is 5.10 Å². The van der Waals surface area contributed by atoms with E-state index in [1.54, 1.807) is 12.3 Å². The van der Waals surface area contributed by atoms with Crippen molar-refractivity contribution in [2.75, 3.05) is 0 Å². The lowest BCUT2D eigenvalue weighted by molar-refractivity contribution is 0.506. The molecule has 27 heavy (non-hydrogen) atoms. The Morgan fingerprint density at radius 1 is 1.11 bits per heavy atom. The van der Waals surface area contributed by atoms with Crippen LogP contribution in [0.15, 0.2) is 56.8 Å². The second-order valence-corrected chi connectivity index (χ2v) is 8.95. The molecular formula is C22H24BrN3O. The molecule has 0 atom stereocenters. The average Bonchev–Trinajstić information content (AvgIpc) is 2.60. The van der Waals surface area contributed by atoms with Crippen LogP contribution in [0.1, 0.15) is 57.5 Å². The van der Waals surface area contributed by atoms with Crippen molar-refractivity contribution in [2.45, 2.75) is 46.0 Å². The zero-order valence-electron chi connectivity index (χ0n) is 16.3. The van der Waals surface area contributed by atoms with E-state index in [0.29, 0.717) is 22.6 Å². The van der Waals surface area contributed by atoms with Crippen LogP contribution in [0.4, 0.5) is 0 Å². The molecule has 3 aromatic rings. The molecule has 0 N–H and O–H groups in total. The number of fused-ring (bicyclic) bond motifs is 1. The summed E-state index contributed by atoms with van der Waals surface area (Å²) >= 11 is 3.43. The highest BCUT2D eigenvalue weighted by atomic mass is 79.9. The van der Waals surface area contributed by atoms with E-state index in [-0.39, 0.29) is 11.0 Å². The van der Waals surface area contributed by atoms with Crippen LogP contribution in [0.3, 0.4) is 0 Å². The quantitative estimate of drug-likeness (QED) is 0.522. The van der Waals surface area contributed by atoms with E-state index in [1.165, 1.54) is 10.2 Å². The molecular weight excluding hydrogens is 402 g/mol. The summed E-state index contributed by atoms with van der Waals surface area (Å²) < 4.78 is 2.27.